The molecular formula is C14H18BrN3OS. The summed E-state index contributed by atoms with van der Waals surface area (Å²) in [7, 11) is 1.60. The Morgan fingerprint density at radius 2 is 2.15 bits per heavy atom. The van der Waals surface area contributed by atoms with E-state index in [4.69, 9.17) is 4.74 Å². The molecule has 20 heavy (non-hydrogen) atoms. The van der Waals surface area contributed by atoms with E-state index in [1.807, 2.05) is 12.1 Å². The fourth-order valence-electron chi connectivity index (χ4n) is 1.89. The van der Waals surface area contributed by atoms with Crippen molar-refractivity contribution in [3.63, 3.8) is 0 Å². The molecule has 0 aliphatic rings. The predicted molar refractivity (Wildman–Crippen MR) is 85.3 cm³/mol. The number of aromatic nitrogens is 2. The zero-order valence-corrected chi connectivity index (χ0v) is 14.0. The van der Waals surface area contributed by atoms with Crippen molar-refractivity contribution in [3.05, 3.63) is 38.6 Å². The second-order valence-corrected chi connectivity index (χ2v) is 6.96. The molecule has 0 spiro atoms. The topological polar surface area (TPSA) is 47.0 Å². The van der Waals surface area contributed by atoms with Crippen LogP contribution < -0.4 is 10.1 Å². The van der Waals surface area contributed by atoms with E-state index in [9.17, 15) is 0 Å². The molecule has 0 fully saturated rings. The van der Waals surface area contributed by atoms with E-state index in [2.05, 4.69) is 50.5 Å². The number of methoxy groups -OCH3 is 1. The molecule has 0 saturated carbocycles. The van der Waals surface area contributed by atoms with Gasteiger partial charge in [-0.3, -0.25) is 0 Å². The maximum Gasteiger partial charge on any atom is 0.233 e. The Morgan fingerprint density at radius 1 is 1.30 bits per heavy atom. The van der Waals surface area contributed by atoms with Crippen LogP contribution in [0.4, 0.5) is 0 Å². The summed E-state index contributed by atoms with van der Waals surface area (Å²) in [4.78, 5) is 1.32. The number of nitrogens with one attached hydrogen (secondary N) is 1. The standard InChI is InChI=1S/C14H18BrN3OS/c1-3-8-16-12(9-10-4-6-13(15)20-10)11-5-7-14(19-2)18-17-11/h4-7,12,16H,3,8-9H2,1-2H3. The summed E-state index contributed by atoms with van der Waals surface area (Å²) < 4.78 is 6.21. The van der Waals surface area contributed by atoms with Gasteiger partial charge in [0.05, 0.1) is 22.6 Å². The smallest absolute Gasteiger partial charge is 0.233 e. The second kappa shape index (κ2) is 7.71. The Bertz CT molecular complexity index is 529. The molecule has 0 saturated heterocycles. The lowest BCUT2D eigenvalue weighted by Crippen LogP contribution is -2.25. The van der Waals surface area contributed by atoms with Gasteiger partial charge in [-0.05, 0) is 47.1 Å². The Morgan fingerprint density at radius 3 is 2.70 bits per heavy atom. The van der Waals surface area contributed by atoms with Crippen LogP contribution in [0.25, 0.3) is 0 Å². The number of halogens is 1. The Balaban J connectivity index is 2.12. The molecule has 1 N–H and O–H groups in total. The molecule has 1 atom stereocenters. The monoisotopic (exact) mass is 355 g/mol. The number of nitrogens with zero attached hydrogens (tertiary/aromatic N) is 2. The van der Waals surface area contributed by atoms with Crippen molar-refractivity contribution in [2.24, 2.45) is 0 Å². The van der Waals surface area contributed by atoms with Crippen molar-refractivity contribution >= 4 is 27.3 Å². The molecule has 6 heteroatoms. The highest BCUT2D eigenvalue weighted by atomic mass is 79.9. The summed E-state index contributed by atoms with van der Waals surface area (Å²) in [6, 6.07) is 8.23. The first kappa shape index (κ1) is 15.4. The summed E-state index contributed by atoms with van der Waals surface area (Å²) >= 11 is 5.26. The summed E-state index contributed by atoms with van der Waals surface area (Å²) in [5.74, 6) is 0.543. The van der Waals surface area contributed by atoms with Crippen LogP contribution in [0.15, 0.2) is 28.1 Å². The third-order valence-electron chi connectivity index (χ3n) is 2.90. The zero-order chi connectivity index (χ0) is 14.4. The van der Waals surface area contributed by atoms with Crippen LogP contribution >= 0.6 is 27.3 Å². The van der Waals surface area contributed by atoms with Gasteiger partial charge in [-0.15, -0.1) is 16.4 Å². The van der Waals surface area contributed by atoms with Gasteiger partial charge in [0.15, 0.2) is 0 Å². The van der Waals surface area contributed by atoms with Crippen LogP contribution in [0.2, 0.25) is 0 Å². The molecule has 2 rings (SSSR count). The van der Waals surface area contributed by atoms with Crippen molar-refractivity contribution < 1.29 is 4.74 Å². The number of hydrogen-bond acceptors (Lipinski definition) is 5. The first-order valence-electron chi connectivity index (χ1n) is 6.58. The van der Waals surface area contributed by atoms with Gasteiger partial charge in [0.1, 0.15) is 0 Å². The van der Waals surface area contributed by atoms with Crippen LogP contribution in [0.3, 0.4) is 0 Å². The molecule has 4 nitrogen and oxygen atoms in total. The molecule has 2 aromatic heterocycles. The number of thiophene rings is 1. The Hall–Kier alpha value is -0.980. The summed E-state index contributed by atoms with van der Waals surface area (Å²) in [6.45, 7) is 3.12. The van der Waals surface area contributed by atoms with E-state index >= 15 is 0 Å². The average Bonchev–Trinajstić information content (AvgIpc) is 2.89. The highest BCUT2D eigenvalue weighted by Crippen LogP contribution is 2.26. The second-order valence-electron chi connectivity index (χ2n) is 4.42. The number of rotatable bonds is 7. The van der Waals surface area contributed by atoms with E-state index in [-0.39, 0.29) is 6.04 Å². The molecule has 0 radical (unpaired) electrons. The molecular weight excluding hydrogens is 338 g/mol. The lowest BCUT2D eigenvalue weighted by molar-refractivity contribution is 0.389. The van der Waals surface area contributed by atoms with Crippen molar-refractivity contribution in [2.45, 2.75) is 25.8 Å². The number of hydrogen-bond donors (Lipinski definition) is 1. The lowest BCUT2D eigenvalue weighted by Gasteiger charge is -2.16. The van der Waals surface area contributed by atoms with E-state index in [1.54, 1.807) is 18.4 Å². The van der Waals surface area contributed by atoms with Crippen LogP contribution in [-0.4, -0.2) is 23.9 Å². The fourth-order valence-corrected chi connectivity index (χ4v) is 3.42. The van der Waals surface area contributed by atoms with Crippen molar-refractivity contribution in [2.75, 3.05) is 13.7 Å². The van der Waals surface area contributed by atoms with Crippen molar-refractivity contribution in [1.82, 2.24) is 15.5 Å². The summed E-state index contributed by atoms with van der Waals surface area (Å²) in [5.41, 5.74) is 0.948. The van der Waals surface area contributed by atoms with Crippen LogP contribution in [0.1, 0.15) is 30.0 Å². The maximum absolute atomic E-state index is 5.05. The van der Waals surface area contributed by atoms with Gasteiger partial charge in [-0.2, -0.15) is 5.10 Å². The van der Waals surface area contributed by atoms with Gasteiger partial charge >= 0.3 is 0 Å². The van der Waals surface area contributed by atoms with E-state index in [1.165, 1.54) is 4.88 Å². The largest absolute Gasteiger partial charge is 0.480 e. The molecule has 0 aliphatic heterocycles. The van der Waals surface area contributed by atoms with E-state index in [0.29, 0.717) is 5.88 Å². The predicted octanol–water partition coefficient (Wildman–Crippen LogP) is 3.59. The molecule has 0 amide bonds. The van der Waals surface area contributed by atoms with Gasteiger partial charge < -0.3 is 10.1 Å². The van der Waals surface area contributed by atoms with Gasteiger partial charge in [-0.25, -0.2) is 0 Å². The maximum atomic E-state index is 5.05. The van der Waals surface area contributed by atoms with Crippen molar-refractivity contribution in [3.8, 4) is 5.88 Å². The Labute approximate surface area is 131 Å². The van der Waals surface area contributed by atoms with Crippen LogP contribution in [0, 0.1) is 0 Å². The number of ether oxygens (including phenoxy) is 1. The van der Waals surface area contributed by atoms with E-state index in [0.717, 1.165) is 28.9 Å². The molecule has 2 aromatic rings. The van der Waals surface area contributed by atoms with Gasteiger partial charge in [0.25, 0.3) is 0 Å². The summed E-state index contributed by atoms with van der Waals surface area (Å²) in [6.07, 6.45) is 2.01. The van der Waals surface area contributed by atoms with Crippen molar-refractivity contribution in [1.29, 1.82) is 0 Å². The van der Waals surface area contributed by atoms with Gasteiger partial charge in [-0.1, -0.05) is 6.92 Å². The zero-order valence-electron chi connectivity index (χ0n) is 11.6. The minimum Gasteiger partial charge on any atom is -0.480 e. The third-order valence-corrected chi connectivity index (χ3v) is 4.55. The van der Waals surface area contributed by atoms with Gasteiger partial charge in [0, 0.05) is 17.4 Å². The average molecular weight is 356 g/mol. The fraction of sp³-hybridized carbons (Fsp3) is 0.429. The minimum atomic E-state index is 0.180. The first-order chi connectivity index (χ1) is 9.72. The van der Waals surface area contributed by atoms with Gasteiger partial charge in [0.2, 0.25) is 5.88 Å². The molecule has 108 valence electrons. The first-order valence-corrected chi connectivity index (χ1v) is 8.19. The SMILES string of the molecule is CCCNC(Cc1ccc(Br)s1)c1ccc(OC)nn1. The molecule has 2 heterocycles. The molecule has 0 aromatic carbocycles. The van der Waals surface area contributed by atoms with Crippen LogP contribution in [-0.2, 0) is 6.42 Å². The molecule has 1 unspecified atom stereocenters. The third kappa shape index (κ3) is 4.26. The molecule has 0 aliphatic carbocycles. The molecule has 0 bridgehead atoms. The summed E-state index contributed by atoms with van der Waals surface area (Å²) in [5, 5.41) is 11.8. The lowest BCUT2D eigenvalue weighted by atomic mass is 10.1. The highest BCUT2D eigenvalue weighted by Gasteiger charge is 2.15. The normalized spacial score (nSPS) is 12.3. The highest BCUT2D eigenvalue weighted by molar-refractivity contribution is 9.11. The Kier molecular flexibility index (Phi) is 5.94. The van der Waals surface area contributed by atoms with E-state index < -0.39 is 0 Å². The minimum absolute atomic E-state index is 0.180. The quantitative estimate of drug-likeness (QED) is 0.824. The van der Waals surface area contributed by atoms with Crippen LogP contribution in [0.5, 0.6) is 5.88 Å².